The number of likely N-dealkylation sites (tertiary alicyclic amines) is 1. The lowest BCUT2D eigenvalue weighted by Crippen LogP contribution is -2.57. The molecule has 2 aromatic rings. The van der Waals surface area contributed by atoms with Crippen LogP contribution in [0, 0.1) is 11.7 Å². The summed E-state index contributed by atoms with van der Waals surface area (Å²) in [5, 5.41) is 2.67. The first kappa shape index (κ1) is 26.6. The van der Waals surface area contributed by atoms with Crippen LogP contribution in [0.5, 0.6) is 0 Å². The van der Waals surface area contributed by atoms with Crippen LogP contribution >= 0.6 is 0 Å². The number of hydrogen-bond donors (Lipinski definition) is 2. The molecule has 5 rings (SSSR count). The normalized spacial score (nSPS) is 22.3. The molecule has 3 aliphatic rings. The van der Waals surface area contributed by atoms with Crippen LogP contribution in [0.3, 0.4) is 0 Å². The Morgan fingerprint density at radius 2 is 1.87 bits per heavy atom. The van der Waals surface area contributed by atoms with Gasteiger partial charge in [0.05, 0.1) is 5.56 Å². The molecule has 0 aromatic heterocycles. The molecule has 0 spiro atoms. The zero-order chi connectivity index (χ0) is 28.1. The highest BCUT2D eigenvalue weighted by Crippen LogP contribution is 2.43. The largest absolute Gasteiger partial charge is 0.457 e. The Bertz CT molecular complexity index is 1350. The SMILES string of the molecule is CC(C)(C)OC(=O)N1[C@@H]2CC[C@@H](C2)[C@H]1C(=O)N[C@@H](Cc1ccc(-c2ccc3c(c2)C(=O)OC3)cc1F)C(N)=O. The van der Waals surface area contributed by atoms with Crippen LogP contribution in [-0.4, -0.2) is 52.5 Å². The lowest BCUT2D eigenvalue weighted by atomic mass is 9.96. The topological polar surface area (TPSA) is 128 Å². The van der Waals surface area contributed by atoms with Gasteiger partial charge in [-0.3, -0.25) is 14.5 Å². The summed E-state index contributed by atoms with van der Waals surface area (Å²) in [7, 11) is 0. The lowest BCUT2D eigenvalue weighted by molar-refractivity contribution is -0.132. The van der Waals surface area contributed by atoms with E-state index in [2.05, 4.69) is 5.32 Å². The predicted molar refractivity (Wildman–Crippen MR) is 139 cm³/mol. The number of cyclic esters (lactones) is 1. The van der Waals surface area contributed by atoms with Crippen molar-refractivity contribution in [1.29, 1.82) is 0 Å². The minimum atomic E-state index is -1.17. The number of carbonyl (C=O) groups is 4. The van der Waals surface area contributed by atoms with E-state index in [0.29, 0.717) is 23.1 Å². The van der Waals surface area contributed by atoms with Crippen molar-refractivity contribution in [1.82, 2.24) is 10.2 Å². The quantitative estimate of drug-likeness (QED) is 0.543. The summed E-state index contributed by atoms with van der Waals surface area (Å²) in [6, 6.07) is 7.70. The number of nitrogens with zero attached hydrogens (tertiary/aromatic N) is 1. The molecule has 206 valence electrons. The molecule has 2 heterocycles. The van der Waals surface area contributed by atoms with E-state index in [4.69, 9.17) is 15.2 Å². The fourth-order valence-electron chi connectivity index (χ4n) is 5.79. The minimum Gasteiger partial charge on any atom is -0.457 e. The van der Waals surface area contributed by atoms with E-state index >= 15 is 4.39 Å². The first-order valence-electron chi connectivity index (χ1n) is 13.1. The number of ether oxygens (including phenoxy) is 2. The summed E-state index contributed by atoms with van der Waals surface area (Å²) < 4.78 is 25.7. The molecular weight excluding hydrogens is 505 g/mol. The van der Waals surface area contributed by atoms with E-state index < -0.39 is 47.4 Å². The number of rotatable bonds is 6. The van der Waals surface area contributed by atoms with Gasteiger partial charge in [0, 0.05) is 18.0 Å². The molecule has 0 radical (unpaired) electrons. The second-order valence-corrected chi connectivity index (χ2v) is 11.5. The molecule has 1 saturated heterocycles. The third-order valence-corrected chi connectivity index (χ3v) is 7.62. The van der Waals surface area contributed by atoms with E-state index in [0.717, 1.165) is 18.4 Å². The van der Waals surface area contributed by atoms with Crippen molar-refractivity contribution in [2.24, 2.45) is 11.7 Å². The molecule has 0 unspecified atom stereocenters. The number of nitrogens with two attached hydrogens (primary N) is 1. The van der Waals surface area contributed by atoms with Crippen molar-refractivity contribution in [2.75, 3.05) is 0 Å². The summed E-state index contributed by atoms with van der Waals surface area (Å²) in [5.74, 6) is -2.34. The van der Waals surface area contributed by atoms with Gasteiger partial charge in [-0.15, -0.1) is 0 Å². The van der Waals surface area contributed by atoms with Crippen molar-refractivity contribution >= 4 is 23.9 Å². The molecule has 39 heavy (non-hydrogen) atoms. The third-order valence-electron chi connectivity index (χ3n) is 7.62. The number of esters is 1. The van der Waals surface area contributed by atoms with Crippen LogP contribution in [0.2, 0.25) is 0 Å². The summed E-state index contributed by atoms with van der Waals surface area (Å²) in [4.78, 5) is 51.9. The molecule has 4 atom stereocenters. The molecular formula is C29H32FN3O6. The van der Waals surface area contributed by atoms with Crippen molar-refractivity contribution in [3.8, 4) is 11.1 Å². The lowest BCUT2D eigenvalue weighted by Gasteiger charge is -2.36. The predicted octanol–water partition coefficient (Wildman–Crippen LogP) is 3.46. The highest BCUT2D eigenvalue weighted by molar-refractivity contribution is 5.95. The van der Waals surface area contributed by atoms with Gasteiger partial charge in [-0.25, -0.2) is 14.0 Å². The third kappa shape index (κ3) is 5.32. The fourth-order valence-corrected chi connectivity index (χ4v) is 5.79. The Labute approximate surface area is 225 Å². The Balaban J connectivity index is 1.31. The van der Waals surface area contributed by atoms with Gasteiger partial charge >= 0.3 is 12.1 Å². The van der Waals surface area contributed by atoms with Gasteiger partial charge in [-0.1, -0.05) is 24.3 Å². The Morgan fingerprint density at radius 1 is 1.15 bits per heavy atom. The average molecular weight is 538 g/mol. The highest BCUT2D eigenvalue weighted by atomic mass is 19.1. The van der Waals surface area contributed by atoms with E-state index in [1.165, 1.54) is 17.0 Å². The Kier molecular flexibility index (Phi) is 6.82. The number of benzene rings is 2. The molecule has 3 amide bonds. The fraction of sp³-hybridized carbons (Fsp3) is 0.448. The number of halogens is 1. The molecule has 2 bridgehead atoms. The maximum Gasteiger partial charge on any atom is 0.411 e. The second kappa shape index (κ2) is 9.98. The first-order valence-corrected chi connectivity index (χ1v) is 13.1. The number of primary amides is 1. The van der Waals surface area contributed by atoms with E-state index in [-0.39, 0.29) is 30.6 Å². The highest BCUT2D eigenvalue weighted by Gasteiger charge is 2.52. The molecule has 10 heteroatoms. The van der Waals surface area contributed by atoms with Gasteiger partial charge in [0.1, 0.15) is 30.1 Å². The Hall–Kier alpha value is -3.95. The Morgan fingerprint density at radius 3 is 2.56 bits per heavy atom. The standard InChI is InChI=1S/C29H32FN3O6/c1-29(2,3)39-28(37)33-20-9-8-18(10-20)24(33)26(35)32-23(25(31)34)13-17-6-4-16(12-22(17)30)15-5-7-19-14-38-27(36)21(19)11-15/h4-7,11-12,18,20,23-24H,8-10,13-14H2,1-3H3,(H2,31,34)(H,32,35)/t18-,20+,23-,24-/m0/s1. The molecule has 2 aliphatic heterocycles. The summed E-state index contributed by atoms with van der Waals surface area (Å²) in [6.45, 7) is 5.50. The zero-order valence-electron chi connectivity index (χ0n) is 22.2. The zero-order valence-corrected chi connectivity index (χ0v) is 22.2. The van der Waals surface area contributed by atoms with E-state index in [9.17, 15) is 19.2 Å². The van der Waals surface area contributed by atoms with Crippen LogP contribution in [-0.2, 0) is 32.1 Å². The maximum absolute atomic E-state index is 15.2. The number of hydrogen-bond acceptors (Lipinski definition) is 6. The van der Waals surface area contributed by atoms with Crippen LogP contribution < -0.4 is 11.1 Å². The first-order chi connectivity index (χ1) is 18.4. The molecule has 1 aliphatic carbocycles. The van der Waals surface area contributed by atoms with Gasteiger partial charge in [-0.2, -0.15) is 0 Å². The summed E-state index contributed by atoms with van der Waals surface area (Å²) in [6.07, 6.45) is 1.55. The van der Waals surface area contributed by atoms with Gasteiger partial charge in [0.15, 0.2) is 0 Å². The number of amides is 3. The molecule has 9 nitrogen and oxygen atoms in total. The van der Waals surface area contributed by atoms with E-state index in [1.807, 2.05) is 0 Å². The van der Waals surface area contributed by atoms with Crippen LogP contribution in [0.1, 0.15) is 61.5 Å². The van der Waals surface area contributed by atoms with Crippen LogP contribution in [0.15, 0.2) is 36.4 Å². The van der Waals surface area contributed by atoms with Crippen molar-refractivity contribution in [3.05, 3.63) is 58.9 Å². The van der Waals surface area contributed by atoms with Crippen molar-refractivity contribution in [3.63, 3.8) is 0 Å². The van der Waals surface area contributed by atoms with E-state index in [1.54, 1.807) is 45.0 Å². The number of nitrogens with one attached hydrogen (secondary N) is 1. The maximum atomic E-state index is 15.2. The summed E-state index contributed by atoms with van der Waals surface area (Å²) >= 11 is 0. The minimum absolute atomic E-state index is 0.0448. The number of piperidine rings is 1. The van der Waals surface area contributed by atoms with Crippen molar-refractivity contribution in [2.45, 2.75) is 76.8 Å². The monoisotopic (exact) mass is 537 g/mol. The average Bonchev–Trinajstić information content (AvgIpc) is 3.58. The van der Waals surface area contributed by atoms with Crippen LogP contribution in [0.25, 0.3) is 11.1 Å². The molecule has 2 aromatic carbocycles. The number of fused-ring (bicyclic) bond motifs is 3. The molecule has 1 saturated carbocycles. The van der Waals surface area contributed by atoms with Gasteiger partial charge in [0.2, 0.25) is 11.8 Å². The second-order valence-electron chi connectivity index (χ2n) is 11.5. The molecule has 2 fully saturated rings. The van der Waals surface area contributed by atoms with Crippen LogP contribution in [0.4, 0.5) is 9.18 Å². The van der Waals surface area contributed by atoms with Crippen molar-refractivity contribution < 1.29 is 33.0 Å². The summed E-state index contributed by atoms with van der Waals surface area (Å²) in [5.41, 5.74) is 7.50. The smallest absolute Gasteiger partial charge is 0.411 e. The number of carbonyl (C=O) groups excluding carboxylic acids is 4. The molecule has 3 N–H and O–H groups in total. The van der Waals surface area contributed by atoms with Gasteiger partial charge in [0.25, 0.3) is 0 Å². The van der Waals surface area contributed by atoms with Gasteiger partial charge < -0.3 is 20.5 Å². The van der Waals surface area contributed by atoms with Gasteiger partial charge in [-0.05, 0) is 74.8 Å².